The highest BCUT2D eigenvalue weighted by molar-refractivity contribution is 6.31. The van der Waals surface area contributed by atoms with Crippen molar-refractivity contribution in [3.63, 3.8) is 0 Å². The summed E-state index contributed by atoms with van der Waals surface area (Å²) < 4.78 is 0. The second-order valence-corrected chi connectivity index (χ2v) is 5.90. The molecule has 0 aromatic heterocycles. The second kappa shape index (κ2) is 7.73. The van der Waals surface area contributed by atoms with Gasteiger partial charge in [0.05, 0.1) is 6.10 Å². The number of nitrogens with zero attached hydrogens (tertiary/aromatic N) is 1. The van der Waals surface area contributed by atoms with E-state index in [-0.39, 0.29) is 6.10 Å². The Balaban J connectivity index is 2.82. The highest BCUT2D eigenvalue weighted by Crippen LogP contribution is 2.27. The van der Waals surface area contributed by atoms with E-state index < -0.39 is 0 Å². The maximum atomic E-state index is 9.50. The van der Waals surface area contributed by atoms with Gasteiger partial charge in [-0.3, -0.25) is 0 Å². The SMILES string of the molecule is CC(C)CNCc1c(Cl)cccc1N(C)CC(C)O. The fourth-order valence-electron chi connectivity index (χ4n) is 2.06. The van der Waals surface area contributed by atoms with Crippen LogP contribution in [0.5, 0.6) is 0 Å². The van der Waals surface area contributed by atoms with Crippen LogP contribution in [0.4, 0.5) is 5.69 Å². The van der Waals surface area contributed by atoms with Crippen molar-refractivity contribution >= 4 is 17.3 Å². The monoisotopic (exact) mass is 284 g/mol. The minimum Gasteiger partial charge on any atom is -0.392 e. The Bertz CT molecular complexity index is 394. The minimum absolute atomic E-state index is 0.361. The van der Waals surface area contributed by atoms with Gasteiger partial charge >= 0.3 is 0 Å². The van der Waals surface area contributed by atoms with Gasteiger partial charge in [-0.2, -0.15) is 0 Å². The molecule has 0 aliphatic carbocycles. The predicted molar refractivity (Wildman–Crippen MR) is 82.9 cm³/mol. The zero-order valence-corrected chi connectivity index (χ0v) is 13.0. The summed E-state index contributed by atoms with van der Waals surface area (Å²) >= 11 is 6.30. The zero-order valence-electron chi connectivity index (χ0n) is 12.3. The van der Waals surface area contributed by atoms with Crippen molar-refractivity contribution in [3.8, 4) is 0 Å². The Morgan fingerprint density at radius 1 is 1.32 bits per heavy atom. The summed E-state index contributed by atoms with van der Waals surface area (Å²) in [6.45, 7) is 8.46. The summed E-state index contributed by atoms with van der Waals surface area (Å²) in [5, 5.41) is 13.7. The normalized spacial score (nSPS) is 12.8. The van der Waals surface area contributed by atoms with Crippen molar-refractivity contribution < 1.29 is 5.11 Å². The number of likely N-dealkylation sites (N-methyl/N-ethyl adjacent to an activating group) is 1. The molecule has 1 rings (SSSR count). The first kappa shape index (κ1) is 16.3. The molecule has 1 aromatic rings. The van der Waals surface area contributed by atoms with Gasteiger partial charge in [-0.05, 0) is 31.5 Å². The molecule has 108 valence electrons. The van der Waals surface area contributed by atoms with Crippen LogP contribution < -0.4 is 10.2 Å². The number of anilines is 1. The lowest BCUT2D eigenvalue weighted by Crippen LogP contribution is -2.29. The number of hydrogen-bond acceptors (Lipinski definition) is 3. The molecule has 0 saturated carbocycles. The first-order chi connectivity index (χ1) is 8.91. The van der Waals surface area contributed by atoms with Crippen LogP contribution in [0.1, 0.15) is 26.3 Å². The third-order valence-electron chi connectivity index (χ3n) is 2.90. The largest absolute Gasteiger partial charge is 0.392 e. The van der Waals surface area contributed by atoms with Crippen molar-refractivity contribution in [2.45, 2.75) is 33.4 Å². The van der Waals surface area contributed by atoms with E-state index >= 15 is 0 Å². The average Bonchev–Trinajstić information content (AvgIpc) is 2.29. The molecule has 0 amide bonds. The molecule has 0 saturated heterocycles. The molecule has 0 aliphatic rings. The number of aliphatic hydroxyl groups excluding tert-OH is 1. The number of benzene rings is 1. The summed E-state index contributed by atoms with van der Waals surface area (Å²) in [5.41, 5.74) is 2.16. The number of hydrogen-bond donors (Lipinski definition) is 2. The highest BCUT2D eigenvalue weighted by atomic mass is 35.5. The topological polar surface area (TPSA) is 35.5 Å². The fraction of sp³-hybridized carbons (Fsp3) is 0.600. The summed E-state index contributed by atoms with van der Waals surface area (Å²) in [5.74, 6) is 0.612. The van der Waals surface area contributed by atoms with Gasteiger partial charge < -0.3 is 15.3 Å². The molecular weight excluding hydrogens is 260 g/mol. The summed E-state index contributed by atoms with van der Waals surface area (Å²) in [6, 6.07) is 5.90. The molecule has 1 unspecified atom stereocenters. The van der Waals surface area contributed by atoms with E-state index in [1.54, 1.807) is 6.92 Å². The molecule has 3 nitrogen and oxygen atoms in total. The third-order valence-corrected chi connectivity index (χ3v) is 3.25. The highest BCUT2D eigenvalue weighted by Gasteiger charge is 2.12. The Morgan fingerprint density at radius 2 is 2.00 bits per heavy atom. The lowest BCUT2D eigenvalue weighted by molar-refractivity contribution is 0.201. The summed E-state index contributed by atoms with van der Waals surface area (Å²) in [4.78, 5) is 2.04. The van der Waals surface area contributed by atoms with Crippen LogP contribution in [-0.4, -0.2) is 31.3 Å². The molecule has 1 atom stereocenters. The van der Waals surface area contributed by atoms with Crippen LogP contribution in [0, 0.1) is 5.92 Å². The van der Waals surface area contributed by atoms with E-state index in [2.05, 4.69) is 19.2 Å². The Morgan fingerprint density at radius 3 is 2.58 bits per heavy atom. The molecule has 0 spiro atoms. The molecule has 0 radical (unpaired) electrons. The number of halogens is 1. The fourth-order valence-corrected chi connectivity index (χ4v) is 2.30. The van der Waals surface area contributed by atoms with Crippen molar-refractivity contribution in [1.29, 1.82) is 0 Å². The number of rotatable bonds is 7. The third kappa shape index (κ3) is 5.39. The molecule has 2 N–H and O–H groups in total. The molecule has 4 heteroatoms. The van der Waals surface area contributed by atoms with Gasteiger partial charge in [0.15, 0.2) is 0 Å². The summed E-state index contributed by atoms with van der Waals surface area (Å²) in [7, 11) is 1.98. The van der Waals surface area contributed by atoms with Gasteiger partial charge in [-0.1, -0.05) is 31.5 Å². The Labute approximate surface area is 121 Å². The van der Waals surface area contributed by atoms with Gasteiger partial charge in [0.1, 0.15) is 0 Å². The van der Waals surface area contributed by atoms with Crippen molar-refractivity contribution in [3.05, 3.63) is 28.8 Å². The molecule has 1 aromatic carbocycles. The molecule has 0 aliphatic heterocycles. The van der Waals surface area contributed by atoms with E-state index in [1.165, 1.54) is 0 Å². The lowest BCUT2D eigenvalue weighted by Gasteiger charge is -2.24. The quantitative estimate of drug-likeness (QED) is 0.808. The lowest BCUT2D eigenvalue weighted by atomic mass is 10.1. The van der Waals surface area contributed by atoms with Crippen LogP contribution in [0.2, 0.25) is 5.02 Å². The maximum Gasteiger partial charge on any atom is 0.0686 e. The smallest absolute Gasteiger partial charge is 0.0686 e. The predicted octanol–water partition coefficient (Wildman–Crippen LogP) is 2.90. The Hall–Kier alpha value is -0.770. The van der Waals surface area contributed by atoms with Gasteiger partial charge in [-0.15, -0.1) is 0 Å². The van der Waals surface area contributed by atoms with Crippen LogP contribution in [0.25, 0.3) is 0 Å². The molecule has 0 heterocycles. The van der Waals surface area contributed by atoms with Crippen molar-refractivity contribution in [2.75, 3.05) is 25.0 Å². The van der Waals surface area contributed by atoms with Crippen molar-refractivity contribution in [1.82, 2.24) is 5.32 Å². The number of aliphatic hydroxyl groups is 1. The molecule has 19 heavy (non-hydrogen) atoms. The average molecular weight is 285 g/mol. The van der Waals surface area contributed by atoms with E-state index in [0.29, 0.717) is 12.5 Å². The zero-order chi connectivity index (χ0) is 14.4. The standard InChI is InChI=1S/C15H25ClN2O/c1-11(2)8-17-9-13-14(16)6-5-7-15(13)18(4)10-12(3)19/h5-7,11-12,17,19H,8-10H2,1-4H3. The van der Waals surface area contributed by atoms with Crippen LogP contribution in [0.3, 0.4) is 0 Å². The van der Waals surface area contributed by atoms with Gasteiger partial charge in [-0.25, -0.2) is 0 Å². The first-order valence-corrected chi connectivity index (χ1v) is 7.17. The van der Waals surface area contributed by atoms with Crippen LogP contribution in [0.15, 0.2) is 18.2 Å². The maximum absolute atomic E-state index is 9.50. The second-order valence-electron chi connectivity index (χ2n) is 5.49. The van der Waals surface area contributed by atoms with E-state index in [1.807, 2.05) is 30.1 Å². The number of nitrogens with one attached hydrogen (secondary N) is 1. The van der Waals surface area contributed by atoms with E-state index in [0.717, 1.165) is 29.4 Å². The van der Waals surface area contributed by atoms with E-state index in [9.17, 15) is 5.11 Å². The minimum atomic E-state index is -0.361. The van der Waals surface area contributed by atoms with E-state index in [4.69, 9.17) is 11.6 Å². The molecule has 0 bridgehead atoms. The summed E-state index contributed by atoms with van der Waals surface area (Å²) in [6.07, 6.45) is -0.361. The van der Waals surface area contributed by atoms with Gasteiger partial charge in [0.25, 0.3) is 0 Å². The van der Waals surface area contributed by atoms with Gasteiger partial charge in [0.2, 0.25) is 0 Å². The molecule has 0 fully saturated rings. The Kier molecular flexibility index (Phi) is 6.63. The van der Waals surface area contributed by atoms with Crippen LogP contribution >= 0.6 is 11.6 Å². The van der Waals surface area contributed by atoms with Crippen molar-refractivity contribution in [2.24, 2.45) is 5.92 Å². The van der Waals surface area contributed by atoms with Gasteiger partial charge in [0, 0.05) is 36.4 Å². The molecular formula is C15H25ClN2O. The van der Waals surface area contributed by atoms with Crippen LogP contribution in [-0.2, 0) is 6.54 Å². The first-order valence-electron chi connectivity index (χ1n) is 6.79.